The fourth-order valence-electron chi connectivity index (χ4n) is 3.73. The smallest absolute Gasteiger partial charge is 0.303 e. The summed E-state index contributed by atoms with van der Waals surface area (Å²) in [5, 5.41) is 0. The first-order chi connectivity index (χ1) is 16.5. The molecule has 0 bridgehead atoms. The first kappa shape index (κ1) is 25.9. The van der Waals surface area contributed by atoms with Crippen molar-refractivity contribution in [1.29, 1.82) is 0 Å². The van der Waals surface area contributed by atoms with Gasteiger partial charge in [0.2, 0.25) is 12.4 Å². The molecule has 2 aliphatic rings. The van der Waals surface area contributed by atoms with Gasteiger partial charge in [0.15, 0.2) is 18.0 Å². The lowest BCUT2D eigenvalue weighted by atomic mass is 9.98. The topological polar surface area (TPSA) is 150 Å². The van der Waals surface area contributed by atoms with Crippen LogP contribution in [0.3, 0.4) is 0 Å². The van der Waals surface area contributed by atoms with Gasteiger partial charge in [0.1, 0.15) is 24.2 Å². The van der Waals surface area contributed by atoms with Crippen LogP contribution in [-0.2, 0) is 42.9 Å². The molecule has 5 atom stereocenters. The molecule has 0 N–H and O–H groups in total. The van der Waals surface area contributed by atoms with E-state index in [0.717, 1.165) is 20.8 Å². The van der Waals surface area contributed by atoms with E-state index in [0.29, 0.717) is 11.3 Å². The van der Waals surface area contributed by atoms with Crippen LogP contribution in [0.25, 0.3) is 0 Å². The lowest BCUT2D eigenvalue weighted by molar-refractivity contribution is -0.288. The van der Waals surface area contributed by atoms with Crippen molar-refractivity contribution in [3.8, 4) is 11.5 Å². The van der Waals surface area contributed by atoms with Gasteiger partial charge in [0.25, 0.3) is 0 Å². The van der Waals surface area contributed by atoms with E-state index in [1.807, 2.05) is 0 Å². The van der Waals surface area contributed by atoms with Crippen molar-refractivity contribution in [1.82, 2.24) is 0 Å². The molecule has 0 unspecified atom stereocenters. The summed E-state index contributed by atoms with van der Waals surface area (Å²) in [6.07, 6.45) is -6.27. The van der Waals surface area contributed by atoms with Crippen LogP contribution in [0, 0.1) is 0 Å². The summed E-state index contributed by atoms with van der Waals surface area (Å²) >= 11 is 0. The highest BCUT2D eigenvalue weighted by Gasteiger charge is 2.53. The van der Waals surface area contributed by atoms with Crippen LogP contribution in [-0.4, -0.2) is 73.6 Å². The number of fused-ring (bicyclic) bond motifs is 1. The molecule has 1 fully saturated rings. The molecular weight excluding hydrogens is 468 g/mol. The van der Waals surface area contributed by atoms with Gasteiger partial charge in [0, 0.05) is 40.2 Å². The Hall–Kier alpha value is -3.67. The normalized spacial score (nSPS) is 25.4. The standard InChI is InChI=1S/C23H26O12/c1-11(24)30-10-19-20(31-12(2)25)21(32-13(3)26)22(33-14(4)27)23(35-19)34-15-5-6-16-17(28)7-8-29-18(16)9-15/h5-6,9,19-23H,7-8,10H2,1-4H3/t19-,20+,21+,22-,23-/m1/s1. The number of benzene rings is 1. The number of hydrogen-bond donors (Lipinski definition) is 0. The van der Waals surface area contributed by atoms with E-state index in [4.69, 9.17) is 33.2 Å². The zero-order chi connectivity index (χ0) is 25.7. The Labute approximate surface area is 200 Å². The third-order valence-electron chi connectivity index (χ3n) is 5.04. The maximum absolute atomic E-state index is 12.1. The first-order valence-electron chi connectivity index (χ1n) is 10.8. The Morgan fingerprint density at radius 2 is 1.51 bits per heavy atom. The largest absolute Gasteiger partial charge is 0.492 e. The Morgan fingerprint density at radius 1 is 0.886 bits per heavy atom. The van der Waals surface area contributed by atoms with Crippen LogP contribution < -0.4 is 9.47 Å². The first-order valence-corrected chi connectivity index (χ1v) is 10.8. The monoisotopic (exact) mass is 494 g/mol. The highest BCUT2D eigenvalue weighted by molar-refractivity contribution is 5.99. The van der Waals surface area contributed by atoms with Crippen LogP contribution in [0.4, 0.5) is 0 Å². The SMILES string of the molecule is CC(=O)OC[C@H]1O[C@@H](Oc2ccc3c(c2)OCCC3=O)[C@H](OC(C)=O)[C@@H](OC(C)=O)[C@H]1OC(C)=O. The predicted molar refractivity (Wildman–Crippen MR) is 113 cm³/mol. The maximum Gasteiger partial charge on any atom is 0.303 e. The summed E-state index contributed by atoms with van der Waals surface area (Å²) < 4.78 is 38.4. The van der Waals surface area contributed by atoms with E-state index in [1.165, 1.54) is 25.1 Å². The maximum atomic E-state index is 12.1. The van der Waals surface area contributed by atoms with Crippen LogP contribution in [0.1, 0.15) is 44.5 Å². The van der Waals surface area contributed by atoms with Crippen LogP contribution in [0.2, 0.25) is 0 Å². The van der Waals surface area contributed by atoms with Gasteiger partial charge >= 0.3 is 23.9 Å². The van der Waals surface area contributed by atoms with Crippen molar-refractivity contribution in [2.75, 3.05) is 13.2 Å². The quantitative estimate of drug-likeness (QED) is 0.395. The fourth-order valence-corrected chi connectivity index (χ4v) is 3.73. The number of ether oxygens (including phenoxy) is 7. The van der Waals surface area contributed by atoms with E-state index < -0.39 is 54.6 Å². The Bertz CT molecular complexity index is 1000. The molecule has 1 aromatic rings. The molecule has 0 radical (unpaired) electrons. The van der Waals surface area contributed by atoms with Gasteiger partial charge in [-0.05, 0) is 12.1 Å². The second kappa shape index (κ2) is 11.2. The molecule has 1 saturated heterocycles. The third kappa shape index (κ3) is 6.69. The lowest BCUT2D eigenvalue weighted by Crippen LogP contribution is -2.63. The summed E-state index contributed by atoms with van der Waals surface area (Å²) in [5.41, 5.74) is 0.394. The van der Waals surface area contributed by atoms with Crippen LogP contribution in [0.5, 0.6) is 11.5 Å². The summed E-state index contributed by atoms with van der Waals surface area (Å²) in [5.74, 6) is -2.44. The molecule has 12 nitrogen and oxygen atoms in total. The second-order valence-corrected chi connectivity index (χ2v) is 7.87. The molecule has 3 rings (SSSR count). The molecule has 0 spiro atoms. The van der Waals surface area contributed by atoms with E-state index in [-0.39, 0.29) is 31.2 Å². The number of carbonyl (C=O) groups is 5. The molecule has 12 heteroatoms. The average Bonchev–Trinajstić information content (AvgIpc) is 2.75. The van der Waals surface area contributed by atoms with E-state index in [9.17, 15) is 24.0 Å². The van der Waals surface area contributed by atoms with E-state index in [2.05, 4.69) is 0 Å². The fraction of sp³-hybridized carbons (Fsp3) is 0.522. The number of hydrogen-bond acceptors (Lipinski definition) is 12. The van der Waals surface area contributed by atoms with Gasteiger partial charge in [-0.25, -0.2) is 0 Å². The summed E-state index contributed by atoms with van der Waals surface area (Å²) in [4.78, 5) is 59.0. The van der Waals surface area contributed by atoms with Gasteiger partial charge in [0.05, 0.1) is 12.2 Å². The predicted octanol–water partition coefficient (Wildman–Crippen LogP) is 1.11. The number of ketones is 1. The third-order valence-corrected chi connectivity index (χ3v) is 5.04. The molecule has 0 aliphatic carbocycles. The van der Waals surface area contributed by atoms with Crippen molar-refractivity contribution in [2.24, 2.45) is 0 Å². The van der Waals surface area contributed by atoms with Gasteiger partial charge in [-0.15, -0.1) is 0 Å². The molecule has 2 aliphatic heterocycles. The zero-order valence-corrected chi connectivity index (χ0v) is 19.6. The molecule has 0 saturated carbocycles. The Kier molecular flexibility index (Phi) is 8.28. The molecule has 2 heterocycles. The highest BCUT2D eigenvalue weighted by Crippen LogP contribution is 2.34. The molecule has 1 aromatic carbocycles. The highest BCUT2D eigenvalue weighted by atomic mass is 16.7. The minimum atomic E-state index is -1.38. The average molecular weight is 494 g/mol. The van der Waals surface area contributed by atoms with E-state index in [1.54, 1.807) is 0 Å². The van der Waals surface area contributed by atoms with Crippen molar-refractivity contribution in [3.05, 3.63) is 23.8 Å². The van der Waals surface area contributed by atoms with Crippen molar-refractivity contribution < 1.29 is 57.1 Å². The zero-order valence-electron chi connectivity index (χ0n) is 19.6. The number of carbonyl (C=O) groups excluding carboxylic acids is 5. The summed E-state index contributed by atoms with van der Waals surface area (Å²) in [6, 6.07) is 4.50. The van der Waals surface area contributed by atoms with Gasteiger partial charge < -0.3 is 33.2 Å². The molecule has 0 amide bonds. The molecule has 0 aromatic heterocycles. The lowest BCUT2D eigenvalue weighted by Gasteiger charge is -2.43. The minimum absolute atomic E-state index is 0.0786. The van der Waals surface area contributed by atoms with Crippen LogP contribution >= 0.6 is 0 Å². The van der Waals surface area contributed by atoms with Crippen LogP contribution in [0.15, 0.2) is 18.2 Å². The van der Waals surface area contributed by atoms with Gasteiger partial charge in [-0.1, -0.05) is 0 Å². The van der Waals surface area contributed by atoms with Crippen molar-refractivity contribution in [2.45, 2.75) is 64.8 Å². The van der Waals surface area contributed by atoms with Crippen molar-refractivity contribution in [3.63, 3.8) is 0 Å². The van der Waals surface area contributed by atoms with Gasteiger partial charge in [-0.3, -0.25) is 24.0 Å². The Morgan fingerprint density at radius 3 is 2.14 bits per heavy atom. The number of rotatable bonds is 7. The summed E-state index contributed by atoms with van der Waals surface area (Å²) in [6.45, 7) is 4.41. The Balaban J connectivity index is 1.97. The minimum Gasteiger partial charge on any atom is -0.492 e. The second-order valence-electron chi connectivity index (χ2n) is 7.87. The molecule has 35 heavy (non-hydrogen) atoms. The van der Waals surface area contributed by atoms with Crippen molar-refractivity contribution >= 4 is 29.7 Å². The van der Waals surface area contributed by atoms with E-state index >= 15 is 0 Å². The summed E-state index contributed by atoms with van der Waals surface area (Å²) in [7, 11) is 0. The van der Waals surface area contributed by atoms with Gasteiger partial charge in [-0.2, -0.15) is 0 Å². The molecular formula is C23H26O12. The molecule has 190 valence electrons. The number of Topliss-reactive ketones (excluding diaryl/α,β-unsaturated/α-hetero) is 1. The number of esters is 4.